The lowest BCUT2D eigenvalue weighted by Gasteiger charge is -2.05. The van der Waals surface area contributed by atoms with E-state index in [1.807, 2.05) is 44.2 Å². The largest absolute Gasteiger partial charge is 0.355 e. The molecule has 0 aliphatic heterocycles. The van der Waals surface area contributed by atoms with Crippen LogP contribution in [0.5, 0.6) is 0 Å². The molecule has 68 valence electrons. The van der Waals surface area contributed by atoms with Gasteiger partial charge in [0.15, 0.2) is 0 Å². The van der Waals surface area contributed by atoms with Crippen molar-refractivity contribution < 1.29 is 0 Å². The highest BCUT2D eigenvalue weighted by atomic mass is 14.9. The highest BCUT2D eigenvalue weighted by Gasteiger charge is 1.91. The van der Waals surface area contributed by atoms with E-state index >= 15 is 0 Å². The van der Waals surface area contributed by atoms with E-state index in [4.69, 9.17) is 0 Å². The van der Waals surface area contributed by atoms with Gasteiger partial charge in [0.05, 0.1) is 11.9 Å². The van der Waals surface area contributed by atoms with Crippen LogP contribution in [0.3, 0.4) is 0 Å². The van der Waals surface area contributed by atoms with Crippen LogP contribution < -0.4 is 5.32 Å². The first-order chi connectivity index (χ1) is 6.36. The van der Waals surface area contributed by atoms with Gasteiger partial charge in [0.2, 0.25) is 0 Å². The number of pyridine rings is 1. The zero-order valence-corrected chi connectivity index (χ0v) is 7.99. The van der Waals surface area contributed by atoms with Crippen molar-refractivity contribution in [2.24, 2.45) is 0 Å². The lowest BCUT2D eigenvalue weighted by molar-refractivity contribution is 1.31. The fraction of sp³-hybridized carbons (Fsp3) is 0.182. The van der Waals surface area contributed by atoms with Crippen LogP contribution in [0.2, 0.25) is 0 Å². The van der Waals surface area contributed by atoms with Gasteiger partial charge in [-0.05, 0) is 32.1 Å². The van der Waals surface area contributed by atoms with Gasteiger partial charge in [0, 0.05) is 11.9 Å². The number of aromatic nitrogens is 1. The van der Waals surface area contributed by atoms with Crippen LogP contribution in [0.25, 0.3) is 0 Å². The third kappa shape index (κ3) is 3.11. The number of nitrogens with one attached hydrogen (secondary N) is 1. The first-order valence-electron chi connectivity index (χ1n) is 4.33. The summed E-state index contributed by atoms with van der Waals surface area (Å²) in [5, 5.41) is 3.24. The number of hydrogen-bond donors (Lipinski definition) is 1. The third-order valence-electron chi connectivity index (χ3n) is 1.61. The van der Waals surface area contributed by atoms with Crippen molar-refractivity contribution in [3.63, 3.8) is 0 Å². The van der Waals surface area contributed by atoms with Gasteiger partial charge in [-0.15, -0.1) is 0 Å². The van der Waals surface area contributed by atoms with Crippen molar-refractivity contribution in [2.75, 3.05) is 5.32 Å². The van der Waals surface area contributed by atoms with Crippen LogP contribution in [-0.2, 0) is 0 Å². The monoisotopic (exact) mass is 174 g/mol. The number of nitrogens with zero attached hydrogens (tertiary/aromatic N) is 1. The van der Waals surface area contributed by atoms with Crippen molar-refractivity contribution in [1.29, 1.82) is 0 Å². The normalized spacial score (nSPS) is 12.0. The standard InChI is InChI=1S/C11H14N2/c1-3-6-10(4-2)13-11-7-5-8-12-9-11/h3-9,13H,1-2H3/b6-3-,10-4+. The fourth-order valence-corrected chi connectivity index (χ4v) is 0.993. The van der Waals surface area contributed by atoms with Crippen LogP contribution in [0.1, 0.15) is 13.8 Å². The molecule has 0 spiro atoms. The minimum atomic E-state index is 1.01. The Hall–Kier alpha value is -1.57. The predicted octanol–water partition coefficient (Wildman–Crippen LogP) is 2.97. The summed E-state index contributed by atoms with van der Waals surface area (Å²) in [5.41, 5.74) is 2.09. The van der Waals surface area contributed by atoms with Crippen molar-refractivity contribution in [1.82, 2.24) is 4.98 Å². The summed E-state index contributed by atoms with van der Waals surface area (Å²) in [6.07, 6.45) is 9.60. The van der Waals surface area contributed by atoms with Gasteiger partial charge in [0.1, 0.15) is 0 Å². The van der Waals surface area contributed by atoms with E-state index < -0.39 is 0 Å². The van der Waals surface area contributed by atoms with Crippen LogP contribution >= 0.6 is 0 Å². The Morgan fingerprint density at radius 1 is 1.46 bits per heavy atom. The first-order valence-corrected chi connectivity index (χ1v) is 4.33. The molecule has 1 N–H and O–H groups in total. The molecule has 0 saturated heterocycles. The lowest BCUT2D eigenvalue weighted by atomic mass is 10.3. The molecule has 0 bridgehead atoms. The smallest absolute Gasteiger partial charge is 0.0570 e. The average Bonchev–Trinajstić information content (AvgIpc) is 2.19. The van der Waals surface area contributed by atoms with Crippen molar-refractivity contribution in [3.8, 4) is 0 Å². The van der Waals surface area contributed by atoms with E-state index in [0.717, 1.165) is 11.4 Å². The molecule has 0 fully saturated rings. The van der Waals surface area contributed by atoms with Gasteiger partial charge in [-0.25, -0.2) is 0 Å². The summed E-state index contributed by atoms with van der Waals surface area (Å²) in [6.45, 7) is 3.99. The summed E-state index contributed by atoms with van der Waals surface area (Å²) < 4.78 is 0. The molecule has 0 saturated carbocycles. The predicted molar refractivity (Wildman–Crippen MR) is 56.4 cm³/mol. The Morgan fingerprint density at radius 3 is 2.85 bits per heavy atom. The van der Waals surface area contributed by atoms with E-state index in [-0.39, 0.29) is 0 Å². The summed E-state index contributed by atoms with van der Waals surface area (Å²) in [6, 6.07) is 3.89. The van der Waals surface area contributed by atoms with Crippen molar-refractivity contribution >= 4 is 5.69 Å². The van der Waals surface area contributed by atoms with E-state index in [0.29, 0.717) is 0 Å². The van der Waals surface area contributed by atoms with Gasteiger partial charge >= 0.3 is 0 Å². The van der Waals surface area contributed by atoms with Gasteiger partial charge in [0.25, 0.3) is 0 Å². The minimum absolute atomic E-state index is 1.01. The molecule has 0 amide bonds. The second kappa shape index (κ2) is 5.14. The zero-order chi connectivity index (χ0) is 9.52. The number of rotatable bonds is 3. The van der Waals surface area contributed by atoms with Gasteiger partial charge in [-0.1, -0.05) is 12.2 Å². The van der Waals surface area contributed by atoms with E-state index in [2.05, 4.69) is 10.3 Å². The molecule has 1 heterocycles. The summed E-state index contributed by atoms with van der Waals surface area (Å²) >= 11 is 0. The zero-order valence-electron chi connectivity index (χ0n) is 7.99. The highest BCUT2D eigenvalue weighted by molar-refractivity contribution is 5.48. The Bertz CT molecular complexity index is 299. The molecule has 1 aromatic heterocycles. The minimum Gasteiger partial charge on any atom is -0.355 e. The molecule has 1 rings (SSSR count). The highest BCUT2D eigenvalue weighted by Crippen LogP contribution is 2.07. The molecule has 0 aliphatic rings. The topological polar surface area (TPSA) is 24.9 Å². The maximum atomic E-state index is 4.02. The molecule has 1 aromatic rings. The first kappa shape index (κ1) is 9.52. The molecule has 0 radical (unpaired) electrons. The Kier molecular flexibility index (Phi) is 3.76. The van der Waals surface area contributed by atoms with Crippen LogP contribution in [0, 0.1) is 0 Å². The molecule has 2 heteroatoms. The number of anilines is 1. The van der Waals surface area contributed by atoms with Crippen LogP contribution in [0.15, 0.2) is 48.5 Å². The second-order valence-electron chi connectivity index (χ2n) is 2.61. The number of allylic oxidation sites excluding steroid dienone is 3. The van der Waals surface area contributed by atoms with Crippen LogP contribution in [0.4, 0.5) is 5.69 Å². The third-order valence-corrected chi connectivity index (χ3v) is 1.61. The summed E-state index contributed by atoms with van der Waals surface area (Å²) in [4.78, 5) is 4.02. The lowest BCUT2D eigenvalue weighted by Crippen LogP contribution is -1.96. The summed E-state index contributed by atoms with van der Waals surface area (Å²) in [5.74, 6) is 0. The Balaban J connectivity index is 2.68. The average molecular weight is 174 g/mol. The van der Waals surface area contributed by atoms with E-state index in [1.54, 1.807) is 12.4 Å². The SMILES string of the molecule is C/C=C\C(=C/C)Nc1cccnc1. The van der Waals surface area contributed by atoms with Crippen molar-refractivity contribution in [2.45, 2.75) is 13.8 Å². The van der Waals surface area contributed by atoms with Crippen molar-refractivity contribution in [3.05, 3.63) is 48.5 Å². The van der Waals surface area contributed by atoms with Gasteiger partial charge < -0.3 is 5.32 Å². The molecule has 13 heavy (non-hydrogen) atoms. The molecule has 0 aromatic carbocycles. The molecule has 0 unspecified atom stereocenters. The maximum Gasteiger partial charge on any atom is 0.0570 e. The Morgan fingerprint density at radius 2 is 2.31 bits per heavy atom. The molecular formula is C11H14N2. The van der Waals surface area contributed by atoms with E-state index in [1.165, 1.54) is 0 Å². The van der Waals surface area contributed by atoms with Gasteiger partial charge in [-0.2, -0.15) is 0 Å². The van der Waals surface area contributed by atoms with E-state index in [9.17, 15) is 0 Å². The quantitative estimate of drug-likeness (QED) is 0.712. The van der Waals surface area contributed by atoms with Gasteiger partial charge in [-0.3, -0.25) is 4.98 Å². The number of hydrogen-bond acceptors (Lipinski definition) is 2. The maximum absolute atomic E-state index is 4.02. The molecule has 0 atom stereocenters. The fourth-order valence-electron chi connectivity index (χ4n) is 0.993. The molecular weight excluding hydrogens is 160 g/mol. The molecule has 0 aliphatic carbocycles. The van der Waals surface area contributed by atoms with Crippen LogP contribution in [-0.4, -0.2) is 4.98 Å². The Labute approximate surface area is 79.0 Å². The summed E-state index contributed by atoms with van der Waals surface area (Å²) in [7, 11) is 0. The second-order valence-corrected chi connectivity index (χ2v) is 2.61. The molecule has 2 nitrogen and oxygen atoms in total.